The van der Waals surface area contributed by atoms with Crippen LogP contribution in [0.15, 0.2) is 12.3 Å². The maximum atomic E-state index is 12.8. The highest BCUT2D eigenvalue weighted by Crippen LogP contribution is 2.37. The number of amides is 1. The van der Waals surface area contributed by atoms with Crippen molar-refractivity contribution in [1.82, 2.24) is 9.88 Å². The van der Waals surface area contributed by atoms with Crippen molar-refractivity contribution in [3.63, 3.8) is 0 Å². The lowest BCUT2D eigenvalue weighted by atomic mass is 10.3. The van der Waals surface area contributed by atoms with Gasteiger partial charge in [-0.2, -0.15) is 0 Å². The molecule has 2 rings (SSSR count). The summed E-state index contributed by atoms with van der Waals surface area (Å²) in [5, 5.41) is 10.9. The fraction of sp³-hybridized carbons (Fsp3) is 0.545. The van der Waals surface area contributed by atoms with Crippen LogP contribution >= 0.6 is 11.6 Å². The lowest BCUT2D eigenvalue weighted by Gasteiger charge is -2.14. The summed E-state index contributed by atoms with van der Waals surface area (Å²) in [4.78, 5) is 11.8. The van der Waals surface area contributed by atoms with Gasteiger partial charge in [0.15, 0.2) is 0 Å². The molecule has 0 atom stereocenters. The Morgan fingerprint density at radius 3 is 2.83 bits per heavy atom. The molecule has 0 aromatic carbocycles. The zero-order valence-electron chi connectivity index (χ0n) is 9.50. The third kappa shape index (κ3) is 3.00. The summed E-state index contributed by atoms with van der Waals surface area (Å²) in [5.41, 5.74) is 0.274. The fourth-order valence-corrected chi connectivity index (χ4v) is 1.85. The number of aliphatic hydroxyl groups excluding tert-OH is 1. The van der Waals surface area contributed by atoms with Crippen molar-refractivity contribution in [3.05, 3.63) is 23.0 Å². The molecule has 0 spiro atoms. The van der Waals surface area contributed by atoms with Crippen LogP contribution in [0.25, 0.3) is 0 Å². The number of hydrogen-bond donors (Lipinski definition) is 2. The Bertz CT molecular complexity index is 458. The molecule has 4 nitrogen and oxygen atoms in total. The summed E-state index contributed by atoms with van der Waals surface area (Å²) in [6.45, 7) is -2.19. The summed E-state index contributed by atoms with van der Waals surface area (Å²) < 4.78 is 27.3. The molecule has 100 valence electrons. The number of alkyl halides is 2. The van der Waals surface area contributed by atoms with Crippen LogP contribution in [-0.4, -0.2) is 34.7 Å². The number of rotatable bonds is 5. The smallest absolute Gasteiger partial charge is 0.287 e. The standard InChI is InChI=1S/C11H13ClF2N2O2/c12-7-3-9(16(4-7)8-1-2-8)10(18)15-5-11(13,14)6-17/h3-4,8,17H,1-2,5-6H2,(H,15,18). The molecule has 0 bridgehead atoms. The first kappa shape index (κ1) is 13.3. The average molecular weight is 279 g/mol. The minimum absolute atomic E-state index is 0.233. The molecule has 0 radical (unpaired) electrons. The van der Waals surface area contributed by atoms with Gasteiger partial charge in [0, 0.05) is 12.2 Å². The highest BCUT2D eigenvalue weighted by Gasteiger charge is 2.31. The molecule has 1 aliphatic carbocycles. The van der Waals surface area contributed by atoms with Crippen LogP contribution in [-0.2, 0) is 0 Å². The molecule has 0 saturated heterocycles. The van der Waals surface area contributed by atoms with E-state index in [1.165, 1.54) is 6.07 Å². The Balaban J connectivity index is 2.04. The van der Waals surface area contributed by atoms with Crippen molar-refractivity contribution in [2.45, 2.75) is 24.8 Å². The average Bonchev–Trinajstić information content (AvgIpc) is 3.09. The first-order valence-corrected chi connectivity index (χ1v) is 5.95. The third-order valence-corrected chi connectivity index (χ3v) is 2.93. The van der Waals surface area contributed by atoms with Crippen LogP contribution in [0.1, 0.15) is 29.4 Å². The van der Waals surface area contributed by atoms with Crippen molar-refractivity contribution in [2.24, 2.45) is 0 Å². The molecule has 0 aliphatic heterocycles. The number of nitrogens with one attached hydrogen (secondary N) is 1. The van der Waals surface area contributed by atoms with Crippen LogP contribution in [0.2, 0.25) is 5.02 Å². The van der Waals surface area contributed by atoms with E-state index < -0.39 is 25.0 Å². The highest BCUT2D eigenvalue weighted by molar-refractivity contribution is 6.31. The van der Waals surface area contributed by atoms with Gasteiger partial charge in [-0.25, -0.2) is 8.78 Å². The van der Waals surface area contributed by atoms with Crippen molar-refractivity contribution in [3.8, 4) is 0 Å². The lowest BCUT2D eigenvalue weighted by molar-refractivity contribution is -0.0462. The quantitative estimate of drug-likeness (QED) is 0.863. The highest BCUT2D eigenvalue weighted by atomic mass is 35.5. The topological polar surface area (TPSA) is 54.3 Å². The van der Waals surface area contributed by atoms with E-state index in [-0.39, 0.29) is 11.7 Å². The maximum Gasteiger partial charge on any atom is 0.287 e. The van der Waals surface area contributed by atoms with Gasteiger partial charge in [-0.15, -0.1) is 0 Å². The molecule has 1 heterocycles. The first-order chi connectivity index (χ1) is 8.43. The molecule has 18 heavy (non-hydrogen) atoms. The molecule has 1 aromatic rings. The summed E-state index contributed by atoms with van der Waals surface area (Å²) in [7, 11) is 0. The van der Waals surface area contributed by atoms with Gasteiger partial charge in [-0.3, -0.25) is 4.79 Å². The number of nitrogens with zero attached hydrogens (tertiary/aromatic N) is 1. The molecule has 2 N–H and O–H groups in total. The van der Waals surface area contributed by atoms with Crippen molar-refractivity contribution >= 4 is 17.5 Å². The number of aliphatic hydroxyl groups is 1. The van der Waals surface area contributed by atoms with E-state index in [0.29, 0.717) is 5.02 Å². The predicted molar refractivity (Wildman–Crippen MR) is 62.1 cm³/mol. The normalized spacial score (nSPS) is 15.8. The summed E-state index contributed by atoms with van der Waals surface area (Å²) in [6.07, 6.45) is 3.54. The van der Waals surface area contributed by atoms with Gasteiger partial charge < -0.3 is 15.0 Å². The number of carbonyl (C=O) groups is 1. The van der Waals surface area contributed by atoms with E-state index in [9.17, 15) is 13.6 Å². The Kier molecular flexibility index (Phi) is 3.59. The monoisotopic (exact) mass is 278 g/mol. The van der Waals surface area contributed by atoms with Gasteiger partial charge in [0.2, 0.25) is 0 Å². The second kappa shape index (κ2) is 4.85. The van der Waals surface area contributed by atoms with Gasteiger partial charge in [0.25, 0.3) is 11.8 Å². The van der Waals surface area contributed by atoms with Gasteiger partial charge in [0.05, 0.1) is 11.6 Å². The van der Waals surface area contributed by atoms with Gasteiger partial charge in [-0.05, 0) is 18.9 Å². The number of halogens is 3. The van der Waals surface area contributed by atoms with Crippen molar-refractivity contribution in [2.75, 3.05) is 13.2 Å². The summed E-state index contributed by atoms with van der Waals surface area (Å²) in [6, 6.07) is 1.68. The van der Waals surface area contributed by atoms with E-state index in [1.54, 1.807) is 10.8 Å². The Morgan fingerprint density at radius 2 is 2.28 bits per heavy atom. The van der Waals surface area contributed by atoms with Crippen LogP contribution in [0.3, 0.4) is 0 Å². The lowest BCUT2D eigenvalue weighted by Crippen LogP contribution is -2.39. The molecule has 1 amide bonds. The Labute approximate surface area is 108 Å². The predicted octanol–water partition coefficient (Wildman–Crippen LogP) is 1.83. The number of aromatic nitrogens is 1. The number of carbonyl (C=O) groups excluding carboxylic acids is 1. The van der Waals surface area contributed by atoms with Crippen LogP contribution in [0.4, 0.5) is 8.78 Å². The molecule has 1 saturated carbocycles. The second-order valence-corrected chi connectivity index (χ2v) is 4.82. The second-order valence-electron chi connectivity index (χ2n) is 4.38. The zero-order chi connectivity index (χ0) is 13.3. The number of hydrogen-bond acceptors (Lipinski definition) is 2. The van der Waals surface area contributed by atoms with E-state index in [2.05, 4.69) is 5.32 Å². The molecule has 1 aromatic heterocycles. The third-order valence-electron chi connectivity index (χ3n) is 2.73. The van der Waals surface area contributed by atoms with E-state index in [4.69, 9.17) is 16.7 Å². The van der Waals surface area contributed by atoms with Crippen LogP contribution < -0.4 is 5.32 Å². The SMILES string of the molecule is O=C(NCC(F)(F)CO)c1cc(Cl)cn1C1CC1. The molecular weight excluding hydrogens is 266 g/mol. The van der Waals surface area contributed by atoms with Gasteiger partial charge in [0.1, 0.15) is 12.3 Å². The fourth-order valence-electron chi connectivity index (χ4n) is 1.64. The van der Waals surface area contributed by atoms with E-state index in [1.807, 2.05) is 0 Å². The Hall–Kier alpha value is -1.14. The molecule has 7 heteroatoms. The van der Waals surface area contributed by atoms with Gasteiger partial charge >= 0.3 is 0 Å². The molecule has 1 aliphatic rings. The minimum atomic E-state index is -3.31. The maximum absolute atomic E-state index is 12.8. The van der Waals surface area contributed by atoms with Crippen molar-refractivity contribution < 1.29 is 18.7 Å². The zero-order valence-corrected chi connectivity index (χ0v) is 10.3. The molecule has 1 fully saturated rings. The largest absolute Gasteiger partial charge is 0.390 e. The van der Waals surface area contributed by atoms with Crippen LogP contribution in [0.5, 0.6) is 0 Å². The Morgan fingerprint density at radius 1 is 1.61 bits per heavy atom. The molecular formula is C11H13ClF2N2O2. The summed E-state index contributed by atoms with van der Waals surface area (Å²) in [5.74, 6) is -3.92. The van der Waals surface area contributed by atoms with Gasteiger partial charge in [-0.1, -0.05) is 11.6 Å². The van der Waals surface area contributed by atoms with Crippen molar-refractivity contribution in [1.29, 1.82) is 0 Å². The minimum Gasteiger partial charge on any atom is -0.390 e. The van der Waals surface area contributed by atoms with E-state index >= 15 is 0 Å². The van der Waals surface area contributed by atoms with E-state index in [0.717, 1.165) is 12.8 Å². The van der Waals surface area contributed by atoms with Crippen LogP contribution in [0, 0.1) is 0 Å². The molecule has 0 unspecified atom stereocenters. The summed E-state index contributed by atoms with van der Waals surface area (Å²) >= 11 is 5.81. The first-order valence-electron chi connectivity index (χ1n) is 5.57.